The fourth-order valence-electron chi connectivity index (χ4n) is 2.63. The van der Waals surface area contributed by atoms with Gasteiger partial charge in [0.1, 0.15) is 5.82 Å². The van der Waals surface area contributed by atoms with Gasteiger partial charge in [0, 0.05) is 5.56 Å². The van der Waals surface area contributed by atoms with Crippen LogP contribution in [0.15, 0.2) is 72.8 Å². The van der Waals surface area contributed by atoms with Crippen molar-refractivity contribution in [1.29, 1.82) is 0 Å². The largest absolute Gasteiger partial charge is 0.206 e. The molecular formula is C18H15FS. The lowest BCUT2D eigenvalue weighted by Gasteiger charge is -2.33. The Hall–Kier alpha value is -1.80. The number of rotatable bonds is 2. The molecule has 0 aromatic heterocycles. The molecule has 0 amide bonds. The number of benzene rings is 2. The van der Waals surface area contributed by atoms with Gasteiger partial charge in [-0.2, -0.15) is 12.6 Å². The summed E-state index contributed by atoms with van der Waals surface area (Å²) in [6.45, 7) is 0. The van der Waals surface area contributed by atoms with Gasteiger partial charge in [0.05, 0.1) is 4.75 Å². The molecule has 1 aliphatic rings. The van der Waals surface area contributed by atoms with Gasteiger partial charge in [0.2, 0.25) is 0 Å². The minimum Gasteiger partial charge on any atom is -0.206 e. The molecule has 1 atom stereocenters. The molecule has 0 saturated heterocycles. The predicted octanol–water partition coefficient (Wildman–Crippen LogP) is 4.99. The molecule has 0 aliphatic heterocycles. The Balaban J connectivity index is 2.15. The van der Waals surface area contributed by atoms with E-state index in [2.05, 4.69) is 6.08 Å². The van der Waals surface area contributed by atoms with Gasteiger partial charge in [-0.05, 0) is 23.6 Å². The van der Waals surface area contributed by atoms with Crippen molar-refractivity contribution >= 4 is 18.2 Å². The molecule has 3 rings (SSSR count). The van der Waals surface area contributed by atoms with E-state index in [-0.39, 0.29) is 5.82 Å². The molecule has 0 radical (unpaired) electrons. The maximum atomic E-state index is 14.1. The number of hydrogen-bond acceptors (Lipinski definition) is 1. The van der Waals surface area contributed by atoms with E-state index in [1.165, 1.54) is 6.07 Å². The van der Waals surface area contributed by atoms with Gasteiger partial charge >= 0.3 is 0 Å². The summed E-state index contributed by atoms with van der Waals surface area (Å²) in [5, 5.41) is 0. The minimum atomic E-state index is -0.488. The molecule has 1 unspecified atom stereocenters. The van der Waals surface area contributed by atoms with E-state index < -0.39 is 4.75 Å². The van der Waals surface area contributed by atoms with Crippen LogP contribution in [0.3, 0.4) is 0 Å². The summed E-state index contributed by atoms with van der Waals surface area (Å²) in [5.41, 5.74) is 2.62. The van der Waals surface area contributed by atoms with Crippen molar-refractivity contribution in [2.45, 2.75) is 11.2 Å². The molecule has 0 spiro atoms. The van der Waals surface area contributed by atoms with Crippen LogP contribution < -0.4 is 0 Å². The van der Waals surface area contributed by atoms with E-state index in [9.17, 15) is 4.39 Å². The van der Waals surface area contributed by atoms with E-state index in [1.54, 1.807) is 6.07 Å². The third-order valence-electron chi connectivity index (χ3n) is 3.67. The molecule has 20 heavy (non-hydrogen) atoms. The van der Waals surface area contributed by atoms with Crippen LogP contribution in [0.2, 0.25) is 0 Å². The van der Waals surface area contributed by atoms with Crippen molar-refractivity contribution in [1.82, 2.24) is 0 Å². The summed E-state index contributed by atoms with van der Waals surface area (Å²) in [5.74, 6) is -0.205. The SMILES string of the molecule is Fc1ccccc1C1=CC=CCC1(S)c1ccccc1. The van der Waals surface area contributed by atoms with Crippen LogP contribution in [0, 0.1) is 5.82 Å². The summed E-state index contributed by atoms with van der Waals surface area (Å²) >= 11 is 4.91. The summed E-state index contributed by atoms with van der Waals surface area (Å²) in [4.78, 5) is 0. The third kappa shape index (κ3) is 2.20. The van der Waals surface area contributed by atoms with Crippen molar-refractivity contribution < 1.29 is 4.39 Å². The Morgan fingerprint density at radius 3 is 2.40 bits per heavy atom. The highest BCUT2D eigenvalue weighted by atomic mass is 32.1. The minimum absolute atomic E-state index is 0.205. The second kappa shape index (κ2) is 5.29. The topological polar surface area (TPSA) is 0 Å². The van der Waals surface area contributed by atoms with Crippen molar-refractivity contribution in [2.75, 3.05) is 0 Å². The molecule has 100 valence electrons. The first-order chi connectivity index (χ1) is 9.72. The maximum Gasteiger partial charge on any atom is 0.130 e. The van der Waals surface area contributed by atoms with Crippen LogP contribution >= 0.6 is 12.6 Å². The second-order valence-electron chi connectivity index (χ2n) is 4.92. The zero-order chi connectivity index (χ0) is 14.0. The molecule has 2 aromatic carbocycles. The molecule has 0 nitrogen and oxygen atoms in total. The third-order valence-corrected chi connectivity index (χ3v) is 4.35. The zero-order valence-electron chi connectivity index (χ0n) is 11.0. The second-order valence-corrected chi connectivity index (χ2v) is 5.68. The highest BCUT2D eigenvalue weighted by Crippen LogP contribution is 2.47. The average molecular weight is 282 g/mol. The van der Waals surface area contributed by atoms with Gasteiger partial charge in [0.25, 0.3) is 0 Å². The number of thiol groups is 1. The lowest BCUT2D eigenvalue weighted by atomic mass is 9.80. The van der Waals surface area contributed by atoms with Crippen LogP contribution in [-0.2, 0) is 4.75 Å². The van der Waals surface area contributed by atoms with Crippen LogP contribution in [-0.4, -0.2) is 0 Å². The fraction of sp³-hybridized carbons (Fsp3) is 0.111. The molecule has 2 aromatic rings. The highest BCUT2D eigenvalue weighted by Gasteiger charge is 2.34. The molecule has 0 heterocycles. The summed E-state index contributed by atoms with van der Waals surface area (Å²) < 4.78 is 13.6. The molecular weight excluding hydrogens is 267 g/mol. The first-order valence-electron chi connectivity index (χ1n) is 6.62. The van der Waals surface area contributed by atoms with E-state index in [1.807, 2.05) is 54.6 Å². The van der Waals surface area contributed by atoms with Crippen molar-refractivity contribution in [3.8, 4) is 0 Å². The van der Waals surface area contributed by atoms with E-state index in [0.29, 0.717) is 5.56 Å². The Morgan fingerprint density at radius 2 is 1.65 bits per heavy atom. The highest BCUT2D eigenvalue weighted by molar-refractivity contribution is 7.82. The summed E-state index contributed by atoms with van der Waals surface area (Å²) in [6, 6.07) is 16.9. The average Bonchev–Trinajstić information content (AvgIpc) is 2.50. The normalized spacial score (nSPS) is 21.6. The van der Waals surface area contributed by atoms with Crippen molar-refractivity contribution in [3.63, 3.8) is 0 Å². The first-order valence-corrected chi connectivity index (χ1v) is 7.06. The first kappa shape index (κ1) is 13.2. The lowest BCUT2D eigenvalue weighted by molar-refractivity contribution is 0.620. The standard InChI is InChI=1S/C18H15FS/c19-17-12-5-4-10-15(17)16-11-6-7-13-18(16,20)14-8-2-1-3-9-14/h1-12,20H,13H2. The quantitative estimate of drug-likeness (QED) is 0.737. The van der Waals surface area contributed by atoms with Crippen LogP contribution in [0.4, 0.5) is 4.39 Å². The maximum absolute atomic E-state index is 14.1. The van der Waals surface area contributed by atoms with Gasteiger partial charge in [-0.3, -0.25) is 0 Å². The van der Waals surface area contributed by atoms with E-state index in [4.69, 9.17) is 12.6 Å². The van der Waals surface area contributed by atoms with E-state index in [0.717, 1.165) is 17.6 Å². The molecule has 0 N–H and O–H groups in total. The van der Waals surface area contributed by atoms with Gasteiger partial charge in [-0.1, -0.05) is 66.8 Å². The molecule has 0 saturated carbocycles. The molecule has 1 aliphatic carbocycles. The zero-order valence-corrected chi connectivity index (χ0v) is 11.9. The molecule has 0 bridgehead atoms. The Labute approximate surface area is 124 Å². The number of hydrogen-bond donors (Lipinski definition) is 1. The molecule has 0 fully saturated rings. The van der Waals surface area contributed by atoms with Gasteiger partial charge in [-0.25, -0.2) is 4.39 Å². The number of allylic oxidation sites excluding steroid dienone is 3. The van der Waals surface area contributed by atoms with Crippen LogP contribution in [0.25, 0.3) is 5.57 Å². The fourth-order valence-corrected chi connectivity index (χ4v) is 3.08. The van der Waals surface area contributed by atoms with Gasteiger partial charge in [-0.15, -0.1) is 0 Å². The van der Waals surface area contributed by atoms with Crippen molar-refractivity contribution in [2.24, 2.45) is 0 Å². The van der Waals surface area contributed by atoms with Crippen molar-refractivity contribution in [3.05, 3.63) is 89.8 Å². The van der Waals surface area contributed by atoms with Crippen LogP contribution in [0.5, 0.6) is 0 Å². The summed E-state index contributed by atoms with van der Waals surface area (Å²) in [6.07, 6.45) is 6.76. The Bertz CT molecular complexity index is 673. The van der Waals surface area contributed by atoms with E-state index >= 15 is 0 Å². The van der Waals surface area contributed by atoms with Gasteiger partial charge < -0.3 is 0 Å². The van der Waals surface area contributed by atoms with Gasteiger partial charge in [0.15, 0.2) is 0 Å². The smallest absolute Gasteiger partial charge is 0.130 e. The Morgan fingerprint density at radius 1 is 0.950 bits per heavy atom. The lowest BCUT2D eigenvalue weighted by Crippen LogP contribution is -2.22. The van der Waals surface area contributed by atoms with Crippen LogP contribution in [0.1, 0.15) is 17.5 Å². The Kier molecular flexibility index (Phi) is 3.49. The number of halogens is 1. The predicted molar refractivity (Wildman–Crippen MR) is 85.2 cm³/mol. The molecule has 2 heteroatoms. The monoisotopic (exact) mass is 282 g/mol. The summed E-state index contributed by atoms with van der Waals surface area (Å²) in [7, 11) is 0.